The summed E-state index contributed by atoms with van der Waals surface area (Å²) in [6, 6.07) is 18.1. The molecule has 3 aromatic rings. The van der Waals surface area contributed by atoms with E-state index in [0.717, 1.165) is 35.3 Å². The number of hydrogen-bond donors (Lipinski definition) is 0. The lowest BCUT2D eigenvalue weighted by Gasteiger charge is -2.16. The van der Waals surface area contributed by atoms with Crippen LogP contribution in [0.25, 0.3) is 11.1 Å². The molecule has 0 aromatic heterocycles. The van der Waals surface area contributed by atoms with Crippen LogP contribution in [0.2, 0.25) is 0 Å². The molecule has 0 unspecified atom stereocenters. The number of Topliss-reactive ketones (excluding diaryl/α,β-unsaturated/α-hetero) is 1. The molecule has 1 aliphatic heterocycles. The van der Waals surface area contributed by atoms with Crippen LogP contribution in [0.4, 0.5) is 4.39 Å². The molecule has 5 heteroatoms. The first-order chi connectivity index (χ1) is 14.6. The first-order valence-electron chi connectivity index (χ1n) is 9.95. The van der Waals surface area contributed by atoms with Gasteiger partial charge in [-0.15, -0.1) is 0 Å². The number of methoxy groups -OCH3 is 1. The van der Waals surface area contributed by atoms with Gasteiger partial charge in [0.25, 0.3) is 0 Å². The van der Waals surface area contributed by atoms with Crippen molar-refractivity contribution < 1.29 is 23.4 Å². The number of halogens is 1. The second-order valence-corrected chi connectivity index (χ2v) is 7.79. The highest BCUT2D eigenvalue weighted by atomic mass is 19.1. The Hall–Kier alpha value is -3.34. The summed E-state index contributed by atoms with van der Waals surface area (Å²) in [5, 5.41) is 0. The Bertz CT molecular complexity index is 1130. The average Bonchev–Trinajstić information content (AvgIpc) is 3.46. The fraction of sp³-hybridized carbons (Fsp3) is 0.240. The monoisotopic (exact) mass is 404 g/mol. The largest absolute Gasteiger partial charge is 0.497 e. The third-order valence-electron chi connectivity index (χ3n) is 6.01. The Morgan fingerprint density at radius 3 is 2.60 bits per heavy atom. The predicted molar refractivity (Wildman–Crippen MR) is 111 cm³/mol. The highest BCUT2D eigenvalue weighted by Crippen LogP contribution is 2.51. The molecule has 0 spiro atoms. The Labute approximate surface area is 174 Å². The topological polar surface area (TPSA) is 44.8 Å². The maximum atomic E-state index is 14.6. The van der Waals surface area contributed by atoms with Crippen molar-refractivity contribution in [1.82, 2.24) is 0 Å². The molecule has 1 saturated carbocycles. The van der Waals surface area contributed by atoms with Crippen LogP contribution in [0.1, 0.15) is 24.0 Å². The van der Waals surface area contributed by atoms with Crippen LogP contribution in [-0.2, 0) is 16.6 Å². The smallest absolute Gasteiger partial charge is 0.231 e. The molecule has 4 nitrogen and oxygen atoms in total. The number of carbonyl (C=O) groups excluding carboxylic acids is 1. The Morgan fingerprint density at radius 1 is 1.00 bits per heavy atom. The molecular weight excluding hydrogens is 383 g/mol. The number of ether oxygens (including phenoxy) is 3. The molecule has 0 saturated heterocycles. The summed E-state index contributed by atoms with van der Waals surface area (Å²) >= 11 is 0. The van der Waals surface area contributed by atoms with Gasteiger partial charge in [0, 0.05) is 6.42 Å². The Kier molecular flexibility index (Phi) is 4.46. The van der Waals surface area contributed by atoms with Gasteiger partial charge in [-0.3, -0.25) is 4.79 Å². The van der Waals surface area contributed by atoms with Crippen LogP contribution >= 0.6 is 0 Å². The minimum atomic E-state index is -0.556. The third kappa shape index (κ3) is 3.20. The van der Waals surface area contributed by atoms with E-state index in [1.807, 2.05) is 42.5 Å². The molecule has 1 heterocycles. The Morgan fingerprint density at radius 2 is 1.80 bits per heavy atom. The maximum absolute atomic E-state index is 14.6. The molecule has 30 heavy (non-hydrogen) atoms. The summed E-state index contributed by atoms with van der Waals surface area (Å²) < 4.78 is 30.7. The molecule has 1 aliphatic carbocycles. The molecule has 3 aromatic carbocycles. The third-order valence-corrected chi connectivity index (χ3v) is 6.01. The van der Waals surface area contributed by atoms with E-state index in [1.165, 1.54) is 6.07 Å². The minimum Gasteiger partial charge on any atom is -0.497 e. The van der Waals surface area contributed by atoms with Gasteiger partial charge in [-0.25, -0.2) is 4.39 Å². The van der Waals surface area contributed by atoms with E-state index in [4.69, 9.17) is 14.2 Å². The molecule has 2 aliphatic rings. The van der Waals surface area contributed by atoms with E-state index in [2.05, 4.69) is 0 Å². The van der Waals surface area contributed by atoms with Crippen molar-refractivity contribution in [3.63, 3.8) is 0 Å². The maximum Gasteiger partial charge on any atom is 0.231 e. The second kappa shape index (κ2) is 7.17. The molecule has 0 N–H and O–H groups in total. The number of carbonyl (C=O) groups is 1. The lowest BCUT2D eigenvalue weighted by molar-refractivity contribution is -0.120. The van der Waals surface area contributed by atoms with Gasteiger partial charge in [0.2, 0.25) is 6.79 Å². The number of benzene rings is 3. The predicted octanol–water partition coefficient (Wildman–Crippen LogP) is 5.07. The Balaban J connectivity index is 1.42. The van der Waals surface area contributed by atoms with E-state index in [0.29, 0.717) is 17.1 Å². The van der Waals surface area contributed by atoms with Gasteiger partial charge in [-0.05, 0) is 71.5 Å². The van der Waals surface area contributed by atoms with Crippen LogP contribution in [0, 0.1) is 5.82 Å². The fourth-order valence-electron chi connectivity index (χ4n) is 4.08. The van der Waals surface area contributed by atoms with Crippen molar-refractivity contribution in [2.24, 2.45) is 0 Å². The van der Waals surface area contributed by atoms with Gasteiger partial charge in [-0.2, -0.15) is 0 Å². The van der Waals surface area contributed by atoms with Crippen molar-refractivity contribution in [1.29, 1.82) is 0 Å². The normalized spacial score (nSPS) is 15.7. The summed E-state index contributed by atoms with van der Waals surface area (Å²) in [6.07, 6.45) is 1.59. The van der Waals surface area contributed by atoms with Crippen molar-refractivity contribution in [3.05, 3.63) is 77.6 Å². The molecule has 0 bridgehead atoms. The zero-order valence-electron chi connectivity index (χ0n) is 16.6. The lowest BCUT2D eigenvalue weighted by Crippen LogP contribution is -2.23. The standard InChI is InChI=1S/C25H21FO4/c1-28-20-4-2-3-16(12-20)17-5-7-21(26)18(11-17)13-24(27)25(9-10-25)19-6-8-22-23(14-19)30-15-29-22/h2-8,11-12,14H,9-10,13,15H2,1H3. The number of fused-ring (bicyclic) bond motifs is 1. The zero-order valence-corrected chi connectivity index (χ0v) is 16.6. The summed E-state index contributed by atoms with van der Waals surface area (Å²) in [5.74, 6) is 1.76. The van der Waals surface area contributed by atoms with Crippen molar-refractivity contribution in [3.8, 4) is 28.4 Å². The SMILES string of the molecule is COc1cccc(-c2ccc(F)c(CC(=O)C3(c4ccc5c(c4)OCO5)CC3)c2)c1. The second-order valence-electron chi connectivity index (χ2n) is 7.79. The van der Waals surface area contributed by atoms with E-state index >= 15 is 0 Å². The van der Waals surface area contributed by atoms with E-state index in [9.17, 15) is 9.18 Å². The number of ketones is 1. The molecule has 0 atom stereocenters. The first-order valence-corrected chi connectivity index (χ1v) is 9.95. The van der Waals surface area contributed by atoms with E-state index in [1.54, 1.807) is 19.2 Å². The highest BCUT2D eigenvalue weighted by Gasteiger charge is 2.51. The van der Waals surface area contributed by atoms with Crippen molar-refractivity contribution in [2.45, 2.75) is 24.7 Å². The van der Waals surface area contributed by atoms with Gasteiger partial charge in [-0.1, -0.05) is 24.3 Å². The molecule has 0 amide bonds. The van der Waals surface area contributed by atoms with Gasteiger partial charge >= 0.3 is 0 Å². The average molecular weight is 404 g/mol. The van der Waals surface area contributed by atoms with Crippen LogP contribution in [0.15, 0.2) is 60.7 Å². The van der Waals surface area contributed by atoms with Gasteiger partial charge < -0.3 is 14.2 Å². The summed E-state index contributed by atoms with van der Waals surface area (Å²) in [7, 11) is 1.61. The first kappa shape index (κ1) is 18.7. The number of rotatable bonds is 6. The fourth-order valence-corrected chi connectivity index (χ4v) is 4.08. The lowest BCUT2D eigenvalue weighted by atomic mass is 9.87. The minimum absolute atomic E-state index is 0.0306. The summed E-state index contributed by atoms with van der Waals surface area (Å²) in [6.45, 7) is 0.196. The molecule has 0 radical (unpaired) electrons. The molecule has 5 rings (SSSR count). The van der Waals surface area contributed by atoms with Gasteiger partial charge in [0.1, 0.15) is 17.3 Å². The zero-order chi connectivity index (χ0) is 20.7. The molecule has 152 valence electrons. The van der Waals surface area contributed by atoms with Crippen molar-refractivity contribution in [2.75, 3.05) is 13.9 Å². The summed E-state index contributed by atoms with van der Waals surface area (Å²) in [4.78, 5) is 13.2. The van der Waals surface area contributed by atoms with Crippen LogP contribution in [0.3, 0.4) is 0 Å². The highest BCUT2D eigenvalue weighted by molar-refractivity contribution is 5.95. The van der Waals surface area contributed by atoms with Gasteiger partial charge in [0.05, 0.1) is 12.5 Å². The molecule has 1 fully saturated rings. The van der Waals surface area contributed by atoms with E-state index < -0.39 is 5.41 Å². The van der Waals surface area contributed by atoms with Crippen molar-refractivity contribution >= 4 is 5.78 Å². The summed E-state index contributed by atoms with van der Waals surface area (Å²) in [5.41, 5.74) is 2.54. The number of hydrogen-bond acceptors (Lipinski definition) is 4. The van der Waals surface area contributed by atoms with Crippen LogP contribution < -0.4 is 14.2 Å². The molecular formula is C25H21FO4. The quantitative estimate of drug-likeness (QED) is 0.575. The van der Waals surface area contributed by atoms with Crippen LogP contribution in [-0.4, -0.2) is 19.7 Å². The van der Waals surface area contributed by atoms with Gasteiger partial charge in [0.15, 0.2) is 11.5 Å². The van der Waals surface area contributed by atoms with Crippen LogP contribution in [0.5, 0.6) is 17.2 Å². The van der Waals surface area contributed by atoms with E-state index in [-0.39, 0.29) is 24.8 Å².